The maximum absolute atomic E-state index is 10.7. The van der Waals surface area contributed by atoms with Gasteiger partial charge in [0.2, 0.25) is 0 Å². The number of nitro benzene ring substituents is 1. The Labute approximate surface area is 143 Å². The molecule has 0 saturated heterocycles. The molecular formula is C18H15N3O2S. The Morgan fingerprint density at radius 2 is 1.67 bits per heavy atom. The second-order valence-electron chi connectivity index (χ2n) is 5.15. The summed E-state index contributed by atoms with van der Waals surface area (Å²) in [7, 11) is 1.98. The zero-order valence-corrected chi connectivity index (χ0v) is 13.8. The highest BCUT2D eigenvalue weighted by molar-refractivity contribution is 7.99. The zero-order valence-electron chi connectivity index (χ0n) is 13.0. The van der Waals surface area contributed by atoms with Crippen molar-refractivity contribution in [1.82, 2.24) is 4.57 Å². The molecule has 120 valence electrons. The van der Waals surface area contributed by atoms with Gasteiger partial charge in [0.1, 0.15) is 0 Å². The Bertz CT molecular complexity index is 868. The smallest absolute Gasteiger partial charge is 0.269 e. The van der Waals surface area contributed by atoms with Crippen molar-refractivity contribution in [2.45, 2.75) is 9.79 Å². The van der Waals surface area contributed by atoms with E-state index in [4.69, 9.17) is 0 Å². The summed E-state index contributed by atoms with van der Waals surface area (Å²) >= 11 is 1.56. The van der Waals surface area contributed by atoms with E-state index < -0.39 is 4.92 Å². The standard InChI is InChI=1S/C18H15N3O2S/c1-20-12-2-3-16(20)13-19-14-4-8-17(9-5-14)24-18-10-6-15(7-11-18)21(22)23/h2-13H,1H3. The Kier molecular flexibility index (Phi) is 4.77. The van der Waals surface area contributed by atoms with Gasteiger partial charge in [0.25, 0.3) is 5.69 Å². The number of aryl methyl sites for hydroxylation is 1. The van der Waals surface area contributed by atoms with E-state index >= 15 is 0 Å². The van der Waals surface area contributed by atoms with Crippen LogP contribution in [-0.4, -0.2) is 15.7 Å². The highest BCUT2D eigenvalue weighted by atomic mass is 32.2. The molecule has 5 nitrogen and oxygen atoms in total. The maximum Gasteiger partial charge on any atom is 0.269 e. The van der Waals surface area contributed by atoms with Crippen LogP contribution in [0.1, 0.15) is 5.69 Å². The molecule has 6 heteroatoms. The van der Waals surface area contributed by atoms with Crippen LogP contribution in [0.15, 0.2) is 81.6 Å². The minimum Gasteiger partial charge on any atom is -0.350 e. The van der Waals surface area contributed by atoms with Gasteiger partial charge in [0.15, 0.2) is 0 Å². The number of benzene rings is 2. The first kappa shape index (κ1) is 16.0. The third kappa shape index (κ3) is 3.91. The van der Waals surface area contributed by atoms with Crippen LogP contribution in [0.25, 0.3) is 0 Å². The average molecular weight is 337 g/mol. The summed E-state index contributed by atoms with van der Waals surface area (Å²) in [4.78, 5) is 16.7. The van der Waals surface area contributed by atoms with Crippen molar-refractivity contribution in [3.63, 3.8) is 0 Å². The van der Waals surface area contributed by atoms with Gasteiger partial charge in [-0.25, -0.2) is 0 Å². The Balaban J connectivity index is 1.67. The summed E-state index contributed by atoms with van der Waals surface area (Å²) in [5.74, 6) is 0. The van der Waals surface area contributed by atoms with Gasteiger partial charge in [-0.15, -0.1) is 0 Å². The van der Waals surface area contributed by atoms with Crippen molar-refractivity contribution < 1.29 is 4.92 Å². The predicted molar refractivity (Wildman–Crippen MR) is 96.3 cm³/mol. The fourth-order valence-corrected chi connectivity index (χ4v) is 2.94. The molecule has 0 bridgehead atoms. The molecule has 0 aliphatic heterocycles. The van der Waals surface area contributed by atoms with Gasteiger partial charge in [-0.2, -0.15) is 0 Å². The van der Waals surface area contributed by atoms with Crippen LogP contribution < -0.4 is 0 Å². The molecule has 0 atom stereocenters. The van der Waals surface area contributed by atoms with E-state index in [9.17, 15) is 10.1 Å². The van der Waals surface area contributed by atoms with Crippen molar-refractivity contribution in [1.29, 1.82) is 0 Å². The van der Waals surface area contributed by atoms with Crippen molar-refractivity contribution in [3.05, 3.63) is 82.7 Å². The lowest BCUT2D eigenvalue weighted by Gasteiger charge is -2.02. The van der Waals surface area contributed by atoms with Crippen molar-refractivity contribution in [2.75, 3.05) is 0 Å². The number of hydrogen-bond acceptors (Lipinski definition) is 4. The minimum absolute atomic E-state index is 0.102. The van der Waals surface area contributed by atoms with Crippen LogP contribution in [0, 0.1) is 10.1 Å². The third-order valence-electron chi connectivity index (χ3n) is 3.45. The van der Waals surface area contributed by atoms with E-state index in [-0.39, 0.29) is 5.69 Å². The number of hydrogen-bond donors (Lipinski definition) is 0. The number of rotatable bonds is 5. The molecule has 1 aromatic heterocycles. The van der Waals surface area contributed by atoms with E-state index in [1.807, 2.05) is 60.4 Å². The molecule has 0 aliphatic carbocycles. The molecule has 0 spiro atoms. The topological polar surface area (TPSA) is 60.4 Å². The number of aliphatic imine (C=N–C) groups is 1. The monoisotopic (exact) mass is 337 g/mol. The second kappa shape index (κ2) is 7.14. The number of nitro groups is 1. The highest BCUT2D eigenvalue weighted by Gasteiger charge is 2.04. The predicted octanol–water partition coefficient (Wildman–Crippen LogP) is 4.84. The quantitative estimate of drug-likeness (QED) is 0.380. The van der Waals surface area contributed by atoms with Crippen LogP contribution in [0.2, 0.25) is 0 Å². The lowest BCUT2D eigenvalue weighted by atomic mass is 10.3. The molecule has 2 aromatic carbocycles. The first-order chi connectivity index (χ1) is 11.6. The van der Waals surface area contributed by atoms with Crippen molar-refractivity contribution in [2.24, 2.45) is 12.0 Å². The summed E-state index contributed by atoms with van der Waals surface area (Å²) in [6.07, 6.45) is 3.81. The van der Waals surface area contributed by atoms with E-state index in [0.29, 0.717) is 0 Å². The van der Waals surface area contributed by atoms with E-state index in [1.165, 1.54) is 12.1 Å². The van der Waals surface area contributed by atoms with Crippen LogP contribution in [-0.2, 0) is 7.05 Å². The molecule has 3 rings (SSSR count). The summed E-state index contributed by atoms with van der Waals surface area (Å²) in [5, 5.41) is 10.7. The van der Waals surface area contributed by atoms with Crippen molar-refractivity contribution in [3.8, 4) is 0 Å². The molecule has 0 amide bonds. The van der Waals surface area contributed by atoms with Gasteiger partial charge in [-0.05, 0) is 48.5 Å². The molecule has 0 unspecified atom stereocenters. The Morgan fingerprint density at radius 3 is 2.21 bits per heavy atom. The van der Waals surface area contributed by atoms with Crippen LogP contribution >= 0.6 is 11.8 Å². The first-order valence-corrected chi connectivity index (χ1v) is 8.11. The van der Waals surface area contributed by atoms with Gasteiger partial charge in [-0.3, -0.25) is 15.1 Å². The molecule has 0 N–H and O–H groups in total. The third-order valence-corrected chi connectivity index (χ3v) is 4.47. The molecule has 3 aromatic rings. The number of aromatic nitrogens is 1. The molecule has 0 radical (unpaired) electrons. The molecule has 24 heavy (non-hydrogen) atoms. The highest BCUT2D eigenvalue weighted by Crippen LogP contribution is 2.30. The van der Waals surface area contributed by atoms with Gasteiger partial charge in [0.05, 0.1) is 22.5 Å². The zero-order chi connectivity index (χ0) is 16.9. The molecule has 0 fully saturated rings. The largest absolute Gasteiger partial charge is 0.350 e. The number of non-ortho nitro benzene ring substituents is 1. The lowest BCUT2D eigenvalue weighted by Crippen LogP contribution is -1.91. The average Bonchev–Trinajstić information content (AvgIpc) is 3.00. The summed E-state index contributed by atoms with van der Waals surface area (Å²) in [6, 6.07) is 18.4. The van der Waals surface area contributed by atoms with Gasteiger partial charge in [0, 0.05) is 35.2 Å². The molecule has 1 heterocycles. The SMILES string of the molecule is Cn1cccc1C=Nc1ccc(Sc2ccc([N+](=O)[O-])cc2)cc1. The fraction of sp³-hybridized carbons (Fsp3) is 0.0556. The van der Waals surface area contributed by atoms with E-state index in [2.05, 4.69) is 4.99 Å². The minimum atomic E-state index is -0.395. The fourth-order valence-electron chi connectivity index (χ4n) is 2.12. The Morgan fingerprint density at radius 1 is 1.04 bits per heavy atom. The van der Waals surface area contributed by atoms with Crippen LogP contribution in [0.5, 0.6) is 0 Å². The molecule has 0 saturated carbocycles. The number of nitrogens with zero attached hydrogens (tertiary/aromatic N) is 3. The maximum atomic E-state index is 10.7. The second-order valence-corrected chi connectivity index (χ2v) is 6.30. The summed E-state index contributed by atoms with van der Waals surface area (Å²) < 4.78 is 2.00. The van der Waals surface area contributed by atoms with Gasteiger partial charge >= 0.3 is 0 Å². The van der Waals surface area contributed by atoms with Gasteiger partial charge < -0.3 is 4.57 Å². The van der Waals surface area contributed by atoms with Crippen LogP contribution in [0.4, 0.5) is 11.4 Å². The van der Waals surface area contributed by atoms with Crippen LogP contribution in [0.3, 0.4) is 0 Å². The first-order valence-electron chi connectivity index (χ1n) is 7.29. The molecular weight excluding hydrogens is 322 g/mol. The van der Waals surface area contributed by atoms with Crippen molar-refractivity contribution >= 4 is 29.4 Å². The lowest BCUT2D eigenvalue weighted by molar-refractivity contribution is -0.384. The molecule has 0 aliphatic rings. The normalized spacial score (nSPS) is 11.0. The Hall–Kier alpha value is -2.86. The van der Waals surface area contributed by atoms with E-state index in [1.54, 1.807) is 23.9 Å². The van der Waals surface area contributed by atoms with E-state index in [0.717, 1.165) is 21.2 Å². The van der Waals surface area contributed by atoms with Gasteiger partial charge in [-0.1, -0.05) is 11.8 Å². The summed E-state index contributed by atoms with van der Waals surface area (Å²) in [5.41, 5.74) is 2.02. The summed E-state index contributed by atoms with van der Waals surface area (Å²) in [6.45, 7) is 0.